The quantitative estimate of drug-likeness (QED) is 0.844. The zero-order valence-electron chi connectivity index (χ0n) is 13.8. The predicted molar refractivity (Wildman–Crippen MR) is 91.0 cm³/mol. The highest BCUT2D eigenvalue weighted by atomic mass is 16.2. The maximum absolute atomic E-state index is 12.6. The standard InChI is InChI=1S/C19H21N3O2/c1-15-19(24)21(12-10-16-7-3-2-4-8-16)14-18(23)22(15)13-17-9-5-6-11-20-17/h2-9,11,15H,10,12-14H2,1H3/t15-/m1/s1. The fourth-order valence-electron chi connectivity index (χ4n) is 2.93. The first-order valence-corrected chi connectivity index (χ1v) is 8.17. The minimum Gasteiger partial charge on any atom is -0.331 e. The summed E-state index contributed by atoms with van der Waals surface area (Å²) in [6, 6.07) is 15.1. The zero-order valence-corrected chi connectivity index (χ0v) is 13.8. The third-order valence-electron chi connectivity index (χ3n) is 4.35. The van der Waals surface area contributed by atoms with Crippen molar-refractivity contribution in [3.05, 3.63) is 66.0 Å². The molecule has 5 heteroatoms. The Morgan fingerprint density at radius 3 is 2.54 bits per heavy atom. The number of aromatic nitrogens is 1. The molecule has 1 aliphatic heterocycles. The lowest BCUT2D eigenvalue weighted by molar-refractivity contribution is -0.155. The zero-order chi connectivity index (χ0) is 16.9. The highest BCUT2D eigenvalue weighted by molar-refractivity contribution is 5.94. The van der Waals surface area contributed by atoms with E-state index >= 15 is 0 Å². The predicted octanol–water partition coefficient (Wildman–Crippen LogP) is 1.88. The van der Waals surface area contributed by atoms with Crippen molar-refractivity contribution in [3.8, 4) is 0 Å². The second-order valence-corrected chi connectivity index (χ2v) is 6.01. The number of nitrogens with zero attached hydrogens (tertiary/aromatic N) is 3. The number of benzene rings is 1. The van der Waals surface area contributed by atoms with Gasteiger partial charge in [0.15, 0.2) is 0 Å². The minimum atomic E-state index is -0.455. The van der Waals surface area contributed by atoms with Crippen LogP contribution in [-0.4, -0.2) is 45.7 Å². The summed E-state index contributed by atoms with van der Waals surface area (Å²) in [7, 11) is 0. The van der Waals surface area contributed by atoms with Gasteiger partial charge in [0, 0.05) is 12.7 Å². The molecule has 2 amide bonds. The van der Waals surface area contributed by atoms with Crippen LogP contribution in [-0.2, 0) is 22.6 Å². The summed E-state index contributed by atoms with van der Waals surface area (Å²) in [5, 5.41) is 0. The molecule has 1 aromatic carbocycles. The number of piperazine rings is 1. The van der Waals surface area contributed by atoms with Gasteiger partial charge in [-0.3, -0.25) is 14.6 Å². The molecule has 0 unspecified atom stereocenters. The van der Waals surface area contributed by atoms with Gasteiger partial charge < -0.3 is 9.80 Å². The Morgan fingerprint density at radius 2 is 1.83 bits per heavy atom. The van der Waals surface area contributed by atoms with Gasteiger partial charge in [-0.2, -0.15) is 0 Å². The average molecular weight is 323 g/mol. The van der Waals surface area contributed by atoms with E-state index in [0.29, 0.717) is 13.1 Å². The molecule has 0 spiro atoms. The Bertz CT molecular complexity index is 699. The molecule has 1 saturated heterocycles. The summed E-state index contributed by atoms with van der Waals surface area (Å²) in [6.45, 7) is 2.87. The fraction of sp³-hybridized carbons (Fsp3) is 0.316. The molecule has 1 atom stereocenters. The maximum Gasteiger partial charge on any atom is 0.245 e. The molecule has 0 N–H and O–H groups in total. The van der Waals surface area contributed by atoms with E-state index < -0.39 is 6.04 Å². The van der Waals surface area contributed by atoms with Gasteiger partial charge in [0.2, 0.25) is 11.8 Å². The van der Waals surface area contributed by atoms with Crippen molar-refractivity contribution in [2.45, 2.75) is 25.9 Å². The van der Waals surface area contributed by atoms with E-state index in [9.17, 15) is 9.59 Å². The molecular weight excluding hydrogens is 302 g/mol. The number of carbonyl (C=O) groups is 2. The van der Waals surface area contributed by atoms with Crippen molar-refractivity contribution in [1.29, 1.82) is 0 Å². The van der Waals surface area contributed by atoms with Gasteiger partial charge in [-0.25, -0.2) is 0 Å². The van der Waals surface area contributed by atoms with E-state index in [0.717, 1.165) is 12.1 Å². The second kappa shape index (κ2) is 7.25. The van der Waals surface area contributed by atoms with Gasteiger partial charge in [-0.1, -0.05) is 36.4 Å². The van der Waals surface area contributed by atoms with Crippen LogP contribution in [0.2, 0.25) is 0 Å². The fourth-order valence-corrected chi connectivity index (χ4v) is 2.93. The molecule has 1 fully saturated rings. The molecule has 0 bridgehead atoms. The SMILES string of the molecule is C[C@@H]1C(=O)N(CCc2ccccc2)CC(=O)N1Cc1ccccn1. The van der Waals surface area contributed by atoms with Crippen LogP contribution in [0.5, 0.6) is 0 Å². The number of carbonyl (C=O) groups excluding carboxylic acids is 2. The molecule has 5 nitrogen and oxygen atoms in total. The van der Waals surface area contributed by atoms with E-state index in [2.05, 4.69) is 4.98 Å². The molecule has 1 aliphatic rings. The van der Waals surface area contributed by atoms with Gasteiger partial charge in [0.05, 0.1) is 18.8 Å². The summed E-state index contributed by atoms with van der Waals surface area (Å²) in [6.07, 6.45) is 2.45. The Labute approximate surface area is 141 Å². The number of hydrogen-bond donors (Lipinski definition) is 0. The summed E-state index contributed by atoms with van der Waals surface area (Å²) >= 11 is 0. The lowest BCUT2D eigenvalue weighted by Crippen LogP contribution is -2.58. The Balaban J connectivity index is 1.63. The van der Waals surface area contributed by atoms with Gasteiger partial charge in [-0.05, 0) is 31.0 Å². The highest BCUT2D eigenvalue weighted by Crippen LogP contribution is 2.16. The van der Waals surface area contributed by atoms with Crippen molar-refractivity contribution >= 4 is 11.8 Å². The first-order valence-electron chi connectivity index (χ1n) is 8.17. The van der Waals surface area contributed by atoms with Crippen molar-refractivity contribution in [2.24, 2.45) is 0 Å². The lowest BCUT2D eigenvalue weighted by atomic mass is 10.1. The summed E-state index contributed by atoms with van der Waals surface area (Å²) in [5.74, 6) is -0.0257. The average Bonchev–Trinajstić information content (AvgIpc) is 2.62. The molecule has 1 aromatic heterocycles. The van der Waals surface area contributed by atoms with Crippen LogP contribution >= 0.6 is 0 Å². The van der Waals surface area contributed by atoms with E-state index in [4.69, 9.17) is 0 Å². The summed E-state index contributed by atoms with van der Waals surface area (Å²) in [4.78, 5) is 32.6. The topological polar surface area (TPSA) is 53.5 Å². The van der Waals surface area contributed by atoms with Crippen molar-refractivity contribution < 1.29 is 9.59 Å². The Hall–Kier alpha value is -2.69. The molecule has 2 aromatic rings. The molecule has 0 radical (unpaired) electrons. The molecule has 24 heavy (non-hydrogen) atoms. The molecule has 3 rings (SSSR count). The molecule has 2 heterocycles. The van der Waals surface area contributed by atoms with Crippen molar-refractivity contribution in [3.63, 3.8) is 0 Å². The van der Waals surface area contributed by atoms with E-state index in [-0.39, 0.29) is 18.4 Å². The van der Waals surface area contributed by atoms with Crippen LogP contribution in [0.4, 0.5) is 0 Å². The number of pyridine rings is 1. The highest BCUT2D eigenvalue weighted by Gasteiger charge is 2.36. The number of rotatable bonds is 5. The summed E-state index contributed by atoms with van der Waals surface area (Å²) in [5.41, 5.74) is 1.96. The Morgan fingerprint density at radius 1 is 1.08 bits per heavy atom. The summed E-state index contributed by atoms with van der Waals surface area (Å²) < 4.78 is 0. The Kier molecular flexibility index (Phi) is 4.89. The van der Waals surface area contributed by atoms with Gasteiger partial charge >= 0.3 is 0 Å². The van der Waals surface area contributed by atoms with Crippen molar-refractivity contribution in [2.75, 3.05) is 13.1 Å². The van der Waals surface area contributed by atoms with Crippen LogP contribution in [0, 0.1) is 0 Å². The first-order chi connectivity index (χ1) is 11.6. The van der Waals surface area contributed by atoms with Crippen LogP contribution in [0.15, 0.2) is 54.7 Å². The second-order valence-electron chi connectivity index (χ2n) is 6.01. The third-order valence-corrected chi connectivity index (χ3v) is 4.35. The lowest BCUT2D eigenvalue weighted by Gasteiger charge is -2.38. The smallest absolute Gasteiger partial charge is 0.245 e. The normalized spacial score (nSPS) is 18.1. The van der Waals surface area contributed by atoms with Crippen molar-refractivity contribution in [1.82, 2.24) is 14.8 Å². The first kappa shape index (κ1) is 16.2. The van der Waals surface area contributed by atoms with Gasteiger partial charge in [-0.15, -0.1) is 0 Å². The maximum atomic E-state index is 12.6. The van der Waals surface area contributed by atoms with Gasteiger partial charge in [0.1, 0.15) is 6.04 Å². The minimum absolute atomic E-state index is 0.00135. The van der Waals surface area contributed by atoms with E-state index in [1.807, 2.05) is 48.5 Å². The largest absolute Gasteiger partial charge is 0.331 e. The van der Waals surface area contributed by atoms with Crippen LogP contribution < -0.4 is 0 Å². The molecule has 124 valence electrons. The van der Waals surface area contributed by atoms with Crippen LogP contribution in [0.1, 0.15) is 18.2 Å². The van der Waals surface area contributed by atoms with Crippen LogP contribution in [0.3, 0.4) is 0 Å². The van der Waals surface area contributed by atoms with E-state index in [1.165, 1.54) is 5.56 Å². The third kappa shape index (κ3) is 3.62. The number of amides is 2. The molecule has 0 aliphatic carbocycles. The monoisotopic (exact) mass is 323 g/mol. The van der Waals surface area contributed by atoms with E-state index in [1.54, 1.807) is 22.9 Å². The number of hydrogen-bond acceptors (Lipinski definition) is 3. The van der Waals surface area contributed by atoms with Gasteiger partial charge in [0.25, 0.3) is 0 Å². The van der Waals surface area contributed by atoms with Crippen LogP contribution in [0.25, 0.3) is 0 Å². The molecular formula is C19H21N3O2. The molecule has 0 saturated carbocycles.